The average Bonchev–Trinajstić information content (AvgIpc) is 2.14. The lowest BCUT2D eigenvalue weighted by molar-refractivity contribution is 0.563. The van der Waals surface area contributed by atoms with Crippen LogP contribution >= 0.6 is 23.2 Å². The van der Waals surface area contributed by atoms with Crippen molar-refractivity contribution < 1.29 is 8.42 Å². The van der Waals surface area contributed by atoms with Crippen LogP contribution < -0.4 is 5.32 Å². The highest BCUT2D eigenvalue weighted by atomic mass is 35.5. The monoisotopic (exact) mass is 295 g/mol. The molecular formula is C11H15Cl2NO2S. The van der Waals surface area contributed by atoms with E-state index in [1.807, 2.05) is 6.92 Å². The van der Waals surface area contributed by atoms with E-state index in [2.05, 4.69) is 5.32 Å². The van der Waals surface area contributed by atoms with Gasteiger partial charge in [-0.3, -0.25) is 0 Å². The minimum absolute atomic E-state index is 0.0161. The van der Waals surface area contributed by atoms with Gasteiger partial charge in [0.05, 0.1) is 5.75 Å². The number of halogens is 2. The lowest BCUT2D eigenvalue weighted by Gasteiger charge is -2.18. The lowest BCUT2D eigenvalue weighted by atomic mass is 10.1. The maximum absolute atomic E-state index is 11.4. The molecule has 0 saturated carbocycles. The summed E-state index contributed by atoms with van der Waals surface area (Å²) in [6.07, 6.45) is 1.21. The van der Waals surface area contributed by atoms with Crippen LogP contribution in [0.2, 0.25) is 10.0 Å². The quantitative estimate of drug-likeness (QED) is 0.908. The molecule has 0 bridgehead atoms. The van der Waals surface area contributed by atoms with E-state index in [9.17, 15) is 8.42 Å². The third-order valence-corrected chi connectivity index (χ3v) is 3.76. The Morgan fingerprint density at radius 3 is 2.47 bits per heavy atom. The van der Waals surface area contributed by atoms with Crippen LogP contribution in [0, 0.1) is 0 Å². The Morgan fingerprint density at radius 1 is 1.35 bits per heavy atom. The SMILES string of the molecule is CCNC(CS(C)(=O)=O)c1ccc(Cl)cc1Cl. The number of hydrogen-bond donors (Lipinski definition) is 1. The van der Waals surface area contributed by atoms with E-state index in [0.717, 1.165) is 5.56 Å². The van der Waals surface area contributed by atoms with Crippen molar-refractivity contribution >= 4 is 33.0 Å². The van der Waals surface area contributed by atoms with Crippen LogP contribution in [0.25, 0.3) is 0 Å². The van der Waals surface area contributed by atoms with Gasteiger partial charge in [0.1, 0.15) is 9.84 Å². The van der Waals surface area contributed by atoms with Gasteiger partial charge >= 0.3 is 0 Å². The Hall–Kier alpha value is -0.290. The van der Waals surface area contributed by atoms with Crippen molar-refractivity contribution in [3.05, 3.63) is 33.8 Å². The maximum Gasteiger partial charge on any atom is 0.149 e. The van der Waals surface area contributed by atoms with Gasteiger partial charge in [0.25, 0.3) is 0 Å². The third-order valence-electron chi connectivity index (χ3n) is 2.26. The summed E-state index contributed by atoms with van der Waals surface area (Å²) < 4.78 is 22.7. The van der Waals surface area contributed by atoms with Crippen LogP contribution in [-0.2, 0) is 9.84 Å². The van der Waals surface area contributed by atoms with Gasteiger partial charge in [-0.25, -0.2) is 8.42 Å². The van der Waals surface area contributed by atoms with Crippen LogP contribution in [0.1, 0.15) is 18.5 Å². The van der Waals surface area contributed by atoms with E-state index in [4.69, 9.17) is 23.2 Å². The van der Waals surface area contributed by atoms with Crippen molar-refractivity contribution in [2.24, 2.45) is 0 Å². The predicted molar refractivity (Wildman–Crippen MR) is 72.6 cm³/mol. The molecule has 0 radical (unpaired) electrons. The van der Waals surface area contributed by atoms with E-state index < -0.39 is 9.84 Å². The first kappa shape index (κ1) is 14.8. The van der Waals surface area contributed by atoms with E-state index in [1.54, 1.807) is 18.2 Å². The number of nitrogens with one attached hydrogen (secondary N) is 1. The highest BCUT2D eigenvalue weighted by Crippen LogP contribution is 2.27. The summed E-state index contributed by atoms with van der Waals surface area (Å²) in [5, 5.41) is 4.12. The molecule has 0 aliphatic carbocycles. The number of sulfone groups is 1. The molecule has 6 heteroatoms. The Morgan fingerprint density at radius 2 is 2.00 bits per heavy atom. The fourth-order valence-electron chi connectivity index (χ4n) is 1.59. The van der Waals surface area contributed by atoms with Crippen LogP contribution in [0.4, 0.5) is 0 Å². The molecule has 0 spiro atoms. The number of rotatable bonds is 5. The van der Waals surface area contributed by atoms with Gasteiger partial charge in [-0.15, -0.1) is 0 Å². The molecule has 1 aromatic carbocycles. The Kier molecular flexibility index (Phi) is 5.25. The topological polar surface area (TPSA) is 46.2 Å². The maximum atomic E-state index is 11.4. The fourth-order valence-corrected chi connectivity index (χ4v) is 3.04. The van der Waals surface area contributed by atoms with Gasteiger partial charge in [-0.1, -0.05) is 36.2 Å². The van der Waals surface area contributed by atoms with Crippen molar-refractivity contribution in [1.29, 1.82) is 0 Å². The van der Waals surface area contributed by atoms with E-state index >= 15 is 0 Å². The summed E-state index contributed by atoms with van der Waals surface area (Å²) in [5.74, 6) is 0.0161. The van der Waals surface area contributed by atoms with E-state index in [0.29, 0.717) is 16.6 Å². The molecule has 3 nitrogen and oxygen atoms in total. The standard InChI is InChI=1S/C11H15Cl2NO2S/c1-3-14-11(7-17(2,15)16)9-5-4-8(12)6-10(9)13/h4-6,11,14H,3,7H2,1-2H3. The molecule has 0 heterocycles. The summed E-state index contributed by atoms with van der Waals surface area (Å²) in [6, 6.07) is 4.77. The molecule has 1 unspecified atom stereocenters. The average molecular weight is 296 g/mol. The van der Waals surface area contributed by atoms with Crippen molar-refractivity contribution in [3.63, 3.8) is 0 Å². The second-order valence-corrected chi connectivity index (χ2v) is 6.90. The molecule has 0 fully saturated rings. The van der Waals surface area contributed by atoms with Gasteiger partial charge in [-0.2, -0.15) is 0 Å². The molecule has 1 atom stereocenters. The normalized spacial score (nSPS) is 13.6. The van der Waals surface area contributed by atoms with E-state index in [1.165, 1.54) is 6.26 Å². The molecule has 1 N–H and O–H groups in total. The summed E-state index contributed by atoms with van der Waals surface area (Å²) in [7, 11) is -3.07. The summed E-state index contributed by atoms with van der Waals surface area (Å²) in [4.78, 5) is 0. The first-order valence-electron chi connectivity index (χ1n) is 5.19. The summed E-state index contributed by atoms with van der Waals surface area (Å²) >= 11 is 11.9. The Labute approximate surface area is 112 Å². The smallest absolute Gasteiger partial charge is 0.149 e. The molecular weight excluding hydrogens is 281 g/mol. The largest absolute Gasteiger partial charge is 0.309 e. The zero-order valence-corrected chi connectivity index (χ0v) is 12.0. The zero-order valence-electron chi connectivity index (χ0n) is 9.70. The van der Waals surface area contributed by atoms with Crippen LogP contribution in [0.15, 0.2) is 18.2 Å². The van der Waals surface area contributed by atoms with Crippen molar-refractivity contribution in [2.45, 2.75) is 13.0 Å². The minimum Gasteiger partial charge on any atom is -0.309 e. The van der Waals surface area contributed by atoms with Gasteiger partial charge in [0.15, 0.2) is 0 Å². The van der Waals surface area contributed by atoms with Gasteiger partial charge in [0.2, 0.25) is 0 Å². The molecule has 0 saturated heterocycles. The number of hydrogen-bond acceptors (Lipinski definition) is 3. The molecule has 0 amide bonds. The first-order valence-corrected chi connectivity index (χ1v) is 8.01. The van der Waals surface area contributed by atoms with Crippen LogP contribution in [0.3, 0.4) is 0 Å². The fraction of sp³-hybridized carbons (Fsp3) is 0.455. The second-order valence-electron chi connectivity index (χ2n) is 3.87. The Balaban J connectivity index is 3.05. The van der Waals surface area contributed by atoms with Crippen molar-refractivity contribution in [1.82, 2.24) is 5.32 Å². The lowest BCUT2D eigenvalue weighted by Crippen LogP contribution is -2.27. The first-order chi connectivity index (χ1) is 7.83. The molecule has 17 heavy (non-hydrogen) atoms. The molecule has 96 valence electrons. The summed E-state index contributed by atoms with van der Waals surface area (Å²) in [6.45, 7) is 2.58. The predicted octanol–water partition coefficient (Wildman–Crippen LogP) is 2.69. The summed E-state index contributed by atoms with van der Waals surface area (Å²) in [5.41, 5.74) is 0.753. The number of benzene rings is 1. The van der Waals surface area contributed by atoms with Crippen LogP contribution in [-0.4, -0.2) is 27.0 Å². The highest BCUT2D eigenvalue weighted by molar-refractivity contribution is 7.90. The van der Waals surface area contributed by atoms with E-state index in [-0.39, 0.29) is 11.8 Å². The molecule has 1 aromatic rings. The third kappa shape index (κ3) is 4.84. The Bertz CT molecular complexity index is 488. The van der Waals surface area contributed by atoms with Gasteiger partial charge < -0.3 is 5.32 Å². The molecule has 0 aromatic heterocycles. The molecule has 0 aliphatic rings. The molecule has 1 rings (SSSR count). The molecule has 0 aliphatic heterocycles. The highest BCUT2D eigenvalue weighted by Gasteiger charge is 2.18. The van der Waals surface area contributed by atoms with Crippen LogP contribution in [0.5, 0.6) is 0 Å². The zero-order chi connectivity index (χ0) is 13.1. The van der Waals surface area contributed by atoms with Gasteiger partial charge in [-0.05, 0) is 24.2 Å². The second kappa shape index (κ2) is 6.05. The minimum atomic E-state index is -3.07. The van der Waals surface area contributed by atoms with Crippen molar-refractivity contribution in [3.8, 4) is 0 Å². The van der Waals surface area contributed by atoms with Gasteiger partial charge in [0, 0.05) is 22.3 Å². The van der Waals surface area contributed by atoms with Crippen molar-refractivity contribution in [2.75, 3.05) is 18.6 Å².